The van der Waals surface area contributed by atoms with Crippen molar-refractivity contribution in [3.8, 4) is 17.2 Å². The van der Waals surface area contributed by atoms with Crippen LogP contribution < -0.4 is 0 Å². The SMILES string of the molecule is N#Cc1ccc(-c2cccc3oc4ccc(C5=CC=C6C=CC7=C(CC=C(c8ccccc8)C=C7)C6C5)cc4c23)cc1. The van der Waals surface area contributed by atoms with Crippen molar-refractivity contribution in [2.45, 2.75) is 12.8 Å². The molecule has 4 aromatic carbocycles. The number of hydrogen-bond donors (Lipinski definition) is 0. The van der Waals surface area contributed by atoms with E-state index in [1.54, 1.807) is 0 Å². The second kappa shape index (κ2) is 9.91. The third-order valence-electron chi connectivity index (χ3n) is 8.83. The van der Waals surface area contributed by atoms with Gasteiger partial charge in [-0.25, -0.2) is 0 Å². The van der Waals surface area contributed by atoms with E-state index in [1.807, 2.05) is 36.4 Å². The van der Waals surface area contributed by atoms with E-state index < -0.39 is 0 Å². The Labute approximate surface area is 245 Å². The highest BCUT2D eigenvalue weighted by Gasteiger charge is 2.27. The van der Waals surface area contributed by atoms with E-state index >= 15 is 0 Å². The topological polar surface area (TPSA) is 36.9 Å². The molecule has 1 atom stereocenters. The summed E-state index contributed by atoms with van der Waals surface area (Å²) < 4.78 is 6.30. The first-order valence-electron chi connectivity index (χ1n) is 14.5. The normalized spacial score (nSPS) is 17.7. The van der Waals surface area contributed by atoms with Gasteiger partial charge in [-0.15, -0.1) is 0 Å². The molecular weight excluding hydrogens is 510 g/mol. The third kappa shape index (κ3) is 4.10. The van der Waals surface area contributed by atoms with Crippen molar-refractivity contribution in [2.75, 3.05) is 0 Å². The summed E-state index contributed by atoms with van der Waals surface area (Å²) >= 11 is 0. The fraction of sp³-hybridized carbons (Fsp3) is 0.0750. The lowest BCUT2D eigenvalue weighted by atomic mass is 9.74. The lowest BCUT2D eigenvalue weighted by Crippen LogP contribution is -2.14. The number of benzene rings is 4. The minimum absolute atomic E-state index is 0.368. The summed E-state index contributed by atoms with van der Waals surface area (Å²) in [5.74, 6) is 0.368. The van der Waals surface area contributed by atoms with E-state index in [0.29, 0.717) is 11.5 Å². The monoisotopic (exact) mass is 537 g/mol. The fourth-order valence-electron chi connectivity index (χ4n) is 6.65. The number of rotatable bonds is 3. The Hall–Kier alpha value is -5.39. The van der Waals surface area contributed by atoms with E-state index in [4.69, 9.17) is 4.42 Å². The molecule has 1 aromatic heterocycles. The minimum atomic E-state index is 0.368. The first kappa shape index (κ1) is 24.4. The van der Waals surface area contributed by atoms with Crippen LogP contribution in [0.4, 0.5) is 0 Å². The summed E-state index contributed by atoms with van der Waals surface area (Å²) in [6, 6.07) is 33.5. The molecule has 3 aliphatic carbocycles. The number of nitrogens with zero attached hydrogens (tertiary/aromatic N) is 1. The summed E-state index contributed by atoms with van der Waals surface area (Å²) in [7, 11) is 0. The Morgan fingerprint density at radius 2 is 1.55 bits per heavy atom. The van der Waals surface area contributed by atoms with Gasteiger partial charge >= 0.3 is 0 Å². The predicted octanol–water partition coefficient (Wildman–Crippen LogP) is 10.4. The fourth-order valence-corrected chi connectivity index (χ4v) is 6.65. The number of nitriles is 1. The number of allylic oxidation sites excluding steroid dienone is 12. The van der Waals surface area contributed by atoms with Crippen LogP contribution in [0.5, 0.6) is 0 Å². The van der Waals surface area contributed by atoms with Gasteiger partial charge in [0.2, 0.25) is 0 Å². The van der Waals surface area contributed by atoms with Crippen LogP contribution in [0.1, 0.15) is 29.5 Å². The molecular formula is C40H27NO. The lowest BCUT2D eigenvalue weighted by molar-refractivity contribution is 0.669. The van der Waals surface area contributed by atoms with Crippen molar-refractivity contribution in [1.82, 2.24) is 0 Å². The highest BCUT2D eigenvalue weighted by atomic mass is 16.3. The molecule has 3 aliphatic rings. The Balaban J connectivity index is 1.16. The standard InChI is InChI=1S/C40H27NO/c41-25-26-9-11-30(12-10-26)35-7-4-8-39-40(35)37-24-33(20-22-38(37)42-39)32-18-17-31-16-15-29-14-13-28(27-5-2-1-3-6-27)19-21-34(29)36(31)23-32/h1-20,22,24,36H,21,23H2. The second-order valence-electron chi connectivity index (χ2n) is 11.2. The highest BCUT2D eigenvalue weighted by molar-refractivity contribution is 6.13. The molecule has 2 nitrogen and oxygen atoms in total. The van der Waals surface area contributed by atoms with Crippen molar-refractivity contribution in [3.05, 3.63) is 167 Å². The molecule has 0 N–H and O–H groups in total. The molecule has 2 heteroatoms. The van der Waals surface area contributed by atoms with E-state index in [1.165, 1.54) is 39.0 Å². The molecule has 0 saturated heterocycles. The van der Waals surface area contributed by atoms with Gasteiger partial charge in [-0.1, -0.05) is 109 Å². The maximum atomic E-state index is 9.26. The van der Waals surface area contributed by atoms with Gasteiger partial charge in [-0.05, 0) is 87.7 Å². The summed E-state index contributed by atoms with van der Waals surface area (Å²) in [4.78, 5) is 0. The van der Waals surface area contributed by atoms with Crippen molar-refractivity contribution in [3.63, 3.8) is 0 Å². The Morgan fingerprint density at radius 3 is 2.40 bits per heavy atom. The van der Waals surface area contributed by atoms with Gasteiger partial charge in [-0.3, -0.25) is 0 Å². The van der Waals surface area contributed by atoms with Crippen LogP contribution in [0.3, 0.4) is 0 Å². The summed E-state index contributed by atoms with van der Waals surface area (Å²) in [5.41, 5.74) is 14.0. The number of hydrogen-bond acceptors (Lipinski definition) is 2. The van der Waals surface area contributed by atoms with Gasteiger partial charge in [0.15, 0.2) is 0 Å². The predicted molar refractivity (Wildman–Crippen MR) is 172 cm³/mol. The first-order chi connectivity index (χ1) is 20.7. The van der Waals surface area contributed by atoms with Gasteiger partial charge in [0.05, 0.1) is 11.6 Å². The van der Waals surface area contributed by atoms with Gasteiger partial charge in [-0.2, -0.15) is 5.26 Å². The first-order valence-corrected chi connectivity index (χ1v) is 14.5. The molecule has 1 heterocycles. The maximum Gasteiger partial charge on any atom is 0.136 e. The summed E-state index contributed by atoms with van der Waals surface area (Å²) in [6.45, 7) is 0. The molecule has 0 spiro atoms. The molecule has 0 amide bonds. The molecule has 1 unspecified atom stereocenters. The zero-order valence-corrected chi connectivity index (χ0v) is 23.0. The number of furan rings is 1. The zero-order valence-electron chi connectivity index (χ0n) is 23.0. The van der Waals surface area contributed by atoms with Crippen LogP contribution in [0.15, 0.2) is 155 Å². The Morgan fingerprint density at radius 1 is 0.714 bits per heavy atom. The van der Waals surface area contributed by atoms with Crippen LogP contribution >= 0.6 is 0 Å². The van der Waals surface area contributed by atoms with E-state index in [-0.39, 0.29) is 0 Å². The van der Waals surface area contributed by atoms with Crippen LogP contribution in [0.2, 0.25) is 0 Å². The average Bonchev–Trinajstić information content (AvgIpc) is 3.28. The van der Waals surface area contributed by atoms with Gasteiger partial charge in [0.25, 0.3) is 0 Å². The molecule has 0 radical (unpaired) electrons. The van der Waals surface area contributed by atoms with E-state index in [0.717, 1.165) is 45.9 Å². The Kier molecular flexibility index (Phi) is 5.76. The van der Waals surface area contributed by atoms with E-state index in [2.05, 4.69) is 103 Å². The Bertz CT molecular complexity index is 2120. The molecule has 198 valence electrons. The smallest absolute Gasteiger partial charge is 0.136 e. The molecule has 0 aliphatic heterocycles. The van der Waals surface area contributed by atoms with Crippen LogP contribution in [-0.4, -0.2) is 0 Å². The van der Waals surface area contributed by atoms with Crippen LogP contribution in [-0.2, 0) is 0 Å². The molecule has 0 saturated carbocycles. The minimum Gasteiger partial charge on any atom is -0.456 e. The molecule has 42 heavy (non-hydrogen) atoms. The van der Waals surface area contributed by atoms with E-state index in [9.17, 15) is 5.26 Å². The van der Waals surface area contributed by atoms with Crippen molar-refractivity contribution < 1.29 is 4.42 Å². The van der Waals surface area contributed by atoms with Crippen LogP contribution in [0.25, 0.3) is 44.2 Å². The summed E-state index contributed by atoms with van der Waals surface area (Å²) in [5, 5.41) is 11.5. The summed E-state index contributed by atoms with van der Waals surface area (Å²) in [6.07, 6.45) is 18.0. The van der Waals surface area contributed by atoms with Crippen LogP contribution in [0, 0.1) is 17.2 Å². The molecule has 0 fully saturated rings. The highest BCUT2D eigenvalue weighted by Crippen LogP contribution is 2.44. The van der Waals surface area contributed by atoms with Gasteiger partial charge in [0.1, 0.15) is 11.2 Å². The molecule has 8 rings (SSSR count). The van der Waals surface area contributed by atoms with Crippen molar-refractivity contribution in [1.29, 1.82) is 5.26 Å². The zero-order chi connectivity index (χ0) is 28.0. The third-order valence-corrected chi connectivity index (χ3v) is 8.83. The largest absolute Gasteiger partial charge is 0.456 e. The van der Waals surface area contributed by atoms with Crippen molar-refractivity contribution >= 4 is 33.1 Å². The van der Waals surface area contributed by atoms with Gasteiger partial charge in [0, 0.05) is 16.7 Å². The average molecular weight is 538 g/mol. The number of fused-ring (bicyclic) bond motifs is 5. The van der Waals surface area contributed by atoms with Gasteiger partial charge < -0.3 is 4.42 Å². The molecule has 0 bridgehead atoms. The van der Waals surface area contributed by atoms with Crippen molar-refractivity contribution in [2.24, 2.45) is 5.92 Å². The second-order valence-corrected chi connectivity index (χ2v) is 11.2. The quantitative estimate of drug-likeness (QED) is 0.230. The maximum absolute atomic E-state index is 9.26. The lowest BCUT2D eigenvalue weighted by Gasteiger charge is -2.30. The molecule has 5 aromatic rings.